The summed E-state index contributed by atoms with van der Waals surface area (Å²) in [4.78, 5) is 10.8. The third-order valence-corrected chi connectivity index (χ3v) is 1.22. The van der Waals surface area contributed by atoms with Gasteiger partial charge in [0.2, 0.25) is 0 Å². The van der Waals surface area contributed by atoms with E-state index in [0.29, 0.717) is 6.61 Å². The Hall–Kier alpha value is -0.660. The van der Waals surface area contributed by atoms with Gasteiger partial charge in [0.15, 0.2) is 5.78 Å². The first-order chi connectivity index (χ1) is 6.95. The quantitative estimate of drug-likeness (QED) is 0.578. The number of methoxy groups -OCH3 is 1. The molecule has 0 fully saturated rings. The van der Waals surface area contributed by atoms with E-state index in [1.807, 2.05) is 0 Å². The number of ether oxygens (including phenoxy) is 3. The SMILES string of the molecule is COCCOCC(=O)COCC(F)(F)F. The van der Waals surface area contributed by atoms with Gasteiger partial charge in [0, 0.05) is 7.11 Å². The number of carbonyl (C=O) groups excluding carboxylic acids is 1. The predicted octanol–water partition coefficient (Wildman–Crippen LogP) is 0.797. The number of carbonyl (C=O) groups is 1. The Balaban J connectivity index is 3.34. The third-order valence-electron chi connectivity index (χ3n) is 1.22. The minimum absolute atomic E-state index is 0.224. The Morgan fingerprint density at radius 1 is 1.13 bits per heavy atom. The minimum Gasteiger partial charge on any atom is -0.382 e. The highest BCUT2D eigenvalue weighted by Gasteiger charge is 2.27. The second-order valence-corrected chi connectivity index (χ2v) is 2.69. The van der Waals surface area contributed by atoms with E-state index >= 15 is 0 Å². The zero-order chi connectivity index (χ0) is 11.7. The van der Waals surface area contributed by atoms with E-state index in [0.717, 1.165) is 0 Å². The second-order valence-electron chi connectivity index (χ2n) is 2.69. The van der Waals surface area contributed by atoms with E-state index in [-0.39, 0.29) is 13.2 Å². The number of Topliss-reactive ketones (excluding diaryl/α,β-unsaturated/α-hetero) is 1. The average molecular weight is 230 g/mol. The molecule has 0 saturated carbocycles. The van der Waals surface area contributed by atoms with Crippen molar-refractivity contribution in [1.29, 1.82) is 0 Å². The maximum absolute atomic E-state index is 11.6. The maximum Gasteiger partial charge on any atom is 0.411 e. The molecule has 0 aromatic carbocycles. The molecule has 0 amide bonds. The van der Waals surface area contributed by atoms with Gasteiger partial charge in [-0.05, 0) is 0 Å². The molecule has 0 N–H and O–H groups in total. The van der Waals surface area contributed by atoms with Crippen LogP contribution in [0, 0.1) is 0 Å². The lowest BCUT2D eigenvalue weighted by molar-refractivity contribution is -0.176. The number of hydrogen-bond acceptors (Lipinski definition) is 4. The summed E-state index contributed by atoms with van der Waals surface area (Å²) in [5.74, 6) is -0.532. The van der Waals surface area contributed by atoms with Crippen molar-refractivity contribution in [2.24, 2.45) is 0 Å². The summed E-state index contributed by atoms with van der Waals surface area (Å²) in [6.07, 6.45) is -4.41. The van der Waals surface area contributed by atoms with E-state index < -0.39 is 25.2 Å². The molecule has 0 saturated heterocycles. The van der Waals surface area contributed by atoms with Gasteiger partial charge in [-0.25, -0.2) is 0 Å². The average Bonchev–Trinajstić information content (AvgIpc) is 2.10. The molecule has 0 radical (unpaired) electrons. The fourth-order valence-electron chi connectivity index (χ4n) is 0.651. The van der Waals surface area contributed by atoms with Gasteiger partial charge in [-0.2, -0.15) is 13.2 Å². The third kappa shape index (κ3) is 11.3. The molecule has 0 aliphatic rings. The van der Waals surface area contributed by atoms with Crippen LogP contribution in [0.4, 0.5) is 13.2 Å². The molecule has 0 bridgehead atoms. The van der Waals surface area contributed by atoms with Crippen LogP contribution in [0.15, 0.2) is 0 Å². The first-order valence-electron chi connectivity index (χ1n) is 4.18. The van der Waals surface area contributed by atoms with Gasteiger partial charge in [0.25, 0.3) is 0 Å². The number of alkyl halides is 3. The smallest absolute Gasteiger partial charge is 0.382 e. The summed E-state index contributed by atoms with van der Waals surface area (Å²) in [6.45, 7) is -1.72. The fraction of sp³-hybridized carbons (Fsp3) is 0.875. The highest BCUT2D eigenvalue weighted by molar-refractivity contribution is 5.80. The van der Waals surface area contributed by atoms with E-state index in [2.05, 4.69) is 9.47 Å². The summed E-state index contributed by atoms with van der Waals surface area (Å²) in [5, 5.41) is 0. The molecule has 0 spiro atoms. The molecule has 0 aliphatic heterocycles. The molecular formula is C8H13F3O4. The van der Waals surface area contributed by atoms with Crippen LogP contribution in [0.3, 0.4) is 0 Å². The minimum atomic E-state index is -4.41. The zero-order valence-electron chi connectivity index (χ0n) is 8.30. The number of halogens is 3. The normalized spacial score (nSPS) is 11.7. The number of hydrogen-bond donors (Lipinski definition) is 0. The first kappa shape index (κ1) is 14.3. The van der Waals surface area contributed by atoms with Crippen LogP contribution in [0.1, 0.15) is 0 Å². The highest BCUT2D eigenvalue weighted by atomic mass is 19.4. The van der Waals surface area contributed by atoms with Crippen molar-refractivity contribution >= 4 is 5.78 Å². The zero-order valence-corrected chi connectivity index (χ0v) is 8.30. The molecule has 15 heavy (non-hydrogen) atoms. The van der Waals surface area contributed by atoms with Crippen LogP contribution in [0.5, 0.6) is 0 Å². The van der Waals surface area contributed by atoms with Gasteiger partial charge >= 0.3 is 6.18 Å². The van der Waals surface area contributed by atoms with Gasteiger partial charge in [-0.15, -0.1) is 0 Å². The second kappa shape index (κ2) is 7.61. The van der Waals surface area contributed by atoms with Gasteiger partial charge in [0.1, 0.15) is 19.8 Å². The molecule has 7 heteroatoms. The molecule has 0 aromatic rings. The first-order valence-corrected chi connectivity index (χ1v) is 4.18. The Morgan fingerprint density at radius 2 is 1.73 bits per heavy atom. The maximum atomic E-state index is 11.6. The Morgan fingerprint density at radius 3 is 2.27 bits per heavy atom. The summed E-state index contributed by atoms with van der Waals surface area (Å²) in [6, 6.07) is 0. The van der Waals surface area contributed by atoms with Gasteiger partial charge in [0.05, 0.1) is 13.2 Å². The molecule has 90 valence electrons. The fourth-order valence-corrected chi connectivity index (χ4v) is 0.651. The van der Waals surface area contributed by atoms with Gasteiger partial charge < -0.3 is 14.2 Å². The largest absolute Gasteiger partial charge is 0.411 e. The standard InChI is InChI=1S/C8H13F3O4/c1-13-2-3-14-4-7(12)5-15-6-8(9,10)11/h2-6H2,1H3. The Bertz CT molecular complexity index is 181. The van der Waals surface area contributed by atoms with E-state index in [9.17, 15) is 18.0 Å². The van der Waals surface area contributed by atoms with Gasteiger partial charge in [-0.3, -0.25) is 4.79 Å². The lowest BCUT2D eigenvalue weighted by Gasteiger charge is -2.07. The Labute approximate surface area is 85.3 Å². The van der Waals surface area contributed by atoms with Gasteiger partial charge in [-0.1, -0.05) is 0 Å². The summed E-state index contributed by atoms with van der Waals surface area (Å²) in [5.41, 5.74) is 0. The van der Waals surface area contributed by atoms with Crippen LogP contribution < -0.4 is 0 Å². The van der Waals surface area contributed by atoms with Crippen LogP contribution in [0.2, 0.25) is 0 Å². The molecular weight excluding hydrogens is 217 g/mol. The summed E-state index contributed by atoms with van der Waals surface area (Å²) < 4.78 is 48.3. The lowest BCUT2D eigenvalue weighted by Crippen LogP contribution is -2.22. The number of ketones is 1. The van der Waals surface area contributed by atoms with E-state index in [1.54, 1.807) is 0 Å². The van der Waals surface area contributed by atoms with Crippen molar-refractivity contribution in [3.05, 3.63) is 0 Å². The van der Waals surface area contributed by atoms with Crippen molar-refractivity contribution in [3.8, 4) is 0 Å². The molecule has 0 atom stereocenters. The topological polar surface area (TPSA) is 44.8 Å². The number of rotatable bonds is 8. The Kier molecular flexibility index (Phi) is 7.27. The summed E-state index contributed by atoms with van der Waals surface area (Å²) in [7, 11) is 1.47. The van der Waals surface area contributed by atoms with Crippen molar-refractivity contribution < 1.29 is 32.2 Å². The van der Waals surface area contributed by atoms with E-state index in [4.69, 9.17) is 4.74 Å². The van der Waals surface area contributed by atoms with Crippen LogP contribution in [0.25, 0.3) is 0 Å². The van der Waals surface area contributed by atoms with Crippen LogP contribution in [-0.2, 0) is 19.0 Å². The van der Waals surface area contributed by atoms with Crippen molar-refractivity contribution in [2.45, 2.75) is 6.18 Å². The molecule has 4 nitrogen and oxygen atoms in total. The summed E-state index contributed by atoms with van der Waals surface area (Å²) >= 11 is 0. The van der Waals surface area contributed by atoms with Crippen molar-refractivity contribution in [1.82, 2.24) is 0 Å². The molecule has 0 aliphatic carbocycles. The van der Waals surface area contributed by atoms with Crippen LogP contribution in [-0.4, -0.2) is 52.1 Å². The highest BCUT2D eigenvalue weighted by Crippen LogP contribution is 2.14. The van der Waals surface area contributed by atoms with Crippen LogP contribution >= 0.6 is 0 Å². The monoisotopic (exact) mass is 230 g/mol. The molecule has 0 rings (SSSR count). The van der Waals surface area contributed by atoms with Crippen molar-refractivity contribution in [2.75, 3.05) is 40.1 Å². The lowest BCUT2D eigenvalue weighted by atomic mass is 10.4. The molecule has 0 unspecified atom stereocenters. The van der Waals surface area contributed by atoms with E-state index in [1.165, 1.54) is 7.11 Å². The molecule has 0 aromatic heterocycles. The molecule has 0 heterocycles. The predicted molar refractivity (Wildman–Crippen MR) is 44.6 cm³/mol. The van der Waals surface area contributed by atoms with Crippen molar-refractivity contribution in [3.63, 3.8) is 0 Å².